The van der Waals surface area contributed by atoms with Crippen molar-refractivity contribution in [3.8, 4) is 11.1 Å². The first-order valence-electron chi connectivity index (χ1n) is 12.9. The lowest BCUT2D eigenvalue weighted by molar-refractivity contribution is -0.118. The summed E-state index contributed by atoms with van der Waals surface area (Å²) in [6, 6.07) is 6.28. The molecule has 2 aliphatic rings. The standard InChI is InChI=1S/C30H39FN2O/c1-18(30(34)33-25-12-8-9-13-25)16-26-19(2)21(4)29(22(5)20(26)3)23-14-15-28(27(31)17-23)32-24-10-6-7-11-24/h14-17,24-25,32H,6-13H2,1-5H3,(H,33,34)/b18-16+. The van der Waals surface area contributed by atoms with Crippen LogP contribution in [0.25, 0.3) is 17.2 Å². The third-order valence-electron chi connectivity index (χ3n) is 8.06. The summed E-state index contributed by atoms with van der Waals surface area (Å²) in [5, 5.41) is 6.57. The average Bonchev–Trinajstić information content (AvgIpc) is 3.51. The number of amides is 1. The van der Waals surface area contributed by atoms with Crippen LogP contribution < -0.4 is 10.6 Å². The van der Waals surface area contributed by atoms with E-state index in [9.17, 15) is 4.79 Å². The molecule has 2 N–H and O–H groups in total. The molecule has 4 rings (SSSR count). The maximum atomic E-state index is 15.0. The lowest BCUT2D eigenvalue weighted by Gasteiger charge is -2.21. The van der Waals surface area contributed by atoms with E-state index in [1.165, 1.54) is 25.7 Å². The van der Waals surface area contributed by atoms with E-state index in [1.54, 1.807) is 6.07 Å². The van der Waals surface area contributed by atoms with Gasteiger partial charge in [0.25, 0.3) is 0 Å². The van der Waals surface area contributed by atoms with Crippen molar-refractivity contribution in [3.63, 3.8) is 0 Å². The van der Waals surface area contributed by atoms with E-state index in [-0.39, 0.29) is 11.7 Å². The molecule has 34 heavy (non-hydrogen) atoms. The molecule has 2 aliphatic carbocycles. The molecule has 2 saturated carbocycles. The minimum Gasteiger partial charge on any atom is -0.380 e. The van der Waals surface area contributed by atoms with E-state index in [1.807, 2.05) is 25.1 Å². The summed E-state index contributed by atoms with van der Waals surface area (Å²) in [4.78, 5) is 12.8. The summed E-state index contributed by atoms with van der Waals surface area (Å²) in [7, 11) is 0. The highest BCUT2D eigenvalue weighted by molar-refractivity contribution is 5.98. The monoisotopic (exact) mass is 462 g/mol. The molecule has 0 aliphatic heterocycles. The van der Waals surface area contributed by atoms with Crippen LogP contribution in [-0.4, -0.2) is 18.0 Å². The van der Waals surface area contributed by atoms with E-state index in [4.69, 9.17) is 0 Å². The van der Waals surface area contributed by atoms with Gasteiger partial charge in [-0.25, -0.2) is 4.39 Å². The van der Waals surface area contributed by atoms with Crippen LogP contribution in [0.3, 0.4) is 0 Å². The van der Waals surface area contributed by atoms with E-state index >= 15 is 4.39 Å². The summed E-state index contributed by atoms with van der Waals surface area (Å²) in [6.07, 6.45) is 11.2. The Morgan fingerprint density at radius 2 is 1.44 bits per heavy atom. The molecule has 2 aromatic carbocycles. The van der Waals surface area contributed by atoms with E-state index < -0.39 is 0 Å². The first kappa shape index (κ1) is 24.5. The zero-order chi connectivity index (χ0) is 24.4. The molecule has 0 radical (unpaired) electrons. The van der Waals surface area contributed by atoms with Gasteiger partial charge in [-0.1, -0.05) is 31.7 Å². The van der Waals surface area contributed by atoms with Gasteiger partial charge in [0.05, 0.1) is 5.69 Å². The van der Waals surface area contributed by atoms with Gasteiger partial charge in [-0.2, -0.15) is 0 Å². The molecule has 0 unspecified atom stereocenters. The van der Waals surface area contributed by atoms with Crippen molar-refractivity contribution in [3.05, 3.63) is 57.4 Å². The second-order valence-corrected chi connectivity index (χ2v) is 10.4. The molecular weight excluding hydrogens is 423 g/mol. The summed E-state index contributed by atoms with van der Waals surface area (Å²) >= 11 is 0. The Bertz CT molecular complexity index is 1080. The summed E-state index contributed by atoms with van der Waals surface area (Å²) in [5.74, 6) is -0.167. The predicted molar refractivity (Wildman–Crippen MR) is 141 cm³/mol. The average molecular weight is 463 g/mol. The lowest BCUT2D eigenvalue weighted by atomic mass is 9.85. The second kappa shape index (κ2) is 10.3. The van der Waals surface area contributed by atoms with Crippen LogP contribution >= 0.6 is 0 Å². The van der Waals surface area contributed by atoms with Crippen LogP contribution in [-0.2, 0) is 4.79 Å². The molecule has 0 aromatic heterocycles. The largest absolute Gasteiger partial charge is 0.380 e. The highest BCUT2D eigenvalue weighted by Gasteiger charge is 2.21. The van der Waals surface area contributed by atoms with Crippen molar-refractivity contribution in [1.82, 2.24) is 5.32 Å². The molecule has 2 aromatic rings. The number of halogens is 1. The number of nitrogens with one attached hydrogen (secondary N) is 2. The van der Waals surface area contributed by atoms with Gasteiger partial charge in [0.15, 0.2) is 0 Å². The number of rotatable bonds is 6. The summed E-state index contributed by atoms with van der Waals surface area (Å²) in [5.41, 5.74) is 8.97. The Kier molecular flexibility index (Phi) is 7.45. The molecule has 2 fully saturated rings. The number of carbonyl (C=O) groups is 1. The van der Waals surface area contributed by atoms with Crippen LogP contribution in [0, 0.1) is 33.5 Å². The number of hydrogen-bond donors (Lipinski definition) is 2. The third kappa shape index (κ3) is 5.06. The van der Waals surface area contributed by atoms with Crippen LogP contribution in [0.5, 0.6) is 0 Å². The van der Waals surface area contributed by atoms with Crippen molar-refractivity contribution in [2.75, 3.05) is 5.32 Å². The number of anilines is 1. The fraction of sp³-hybridized carbons (Fsp3) is 0.500. The summed E-state index contributed by atoms with van der Waals surface area (Å²) < 4.78 is 15.0. The smallest absolute Gasteiger partial charge is 0.247 e. The number of benzene rings is 2. The van der Waals surface area contributed by atoms with Crippen molar-refractivity contribution in [2.24, 2.45) is 0 Å². The van der Waals surface area contributed by atoms with Gasteiger partial charge in [0, 0.05) is 17.7 Å². The molecule has 0 saturated heterocycles. The Labute approximate surface area is 204 Å². The van der Waals surface area contributed by atoms with E-state index in [0.29, 0.717) is 17.8 Å². The molecule has 4 heteroatoms. The minimum atomic E-state index is -0.193. The number of carbonyl (C=O) groups excluding carboxylic acids is 1. The van der Waals surface area contributed by atoms with Crippen molar-refractivity contribution in [2.45, 2.75) is 98.1 Å². The third-order valence-corrected chi connectivity index (χ3v) is 8.06. The molecular formula is C30H39FN2O. The second-order valence-electron chi connectivity index (χ2n) is 10.4. The minimum absolute atomic E-state index is 0.0255. The van der Waals surface area contributed by atoms with Crippen molar-refractivity contribution in [1.29, 1.82) is 0 Å². The molecule has 0 atom stereocenters. The van der Waals surface area contributed by atoms with Gasteiger partial charge in [-0.3, -0.25) is 4.79 Å². The first-order valence-corrected chi connectivity index (χ1v) is 12.9. The Hall–Kier alpha value is -2.62. The predicted octanol–water partition coefficient (Wildman–Crippen LogP) is 7.54. The molecule has 0 heterocycles. The molecule has 182 valence electrons. The van der Waals surface area contributed by atoms with Gasteiger partial charge in [-0.15, -0.1) is 0 Å². The van der Waals surface area contributed by atoms with Crippen molar-refractivity contribution >= 4 is 17.7 Å². The Morgan fingerprint density at radius 1 is 0.882 bits per heavy atom. The van der Waals surface area contributed by atoms with Gasteiger partial charge >= 0.3 is 0 Å². The SMILES string of the molecule is C/C(=C\c1c(C)c(C)c(-c2ccc(NC3CCCC3)c(F)c2)c(C)c1C)C(=O)NC1CCCC1. The molecule has 3 nitrogen and oxygen atoms in total. The molecule has 1 amide bonds. The van der Waals surface area contributed by atoms with Crippen LogP contribution in [0.4, 0.5) is 10.1 Å². The fourth-order valence-electron chi connectivity index (χ4n) is 5.72. The van der Waals surface area contributed by atoms with E-state index in [2.05, 4.69) is 38.3 Å². The fourth-order valence-corrected chi connectivity index (χ4v) is 5.72. The maximum absolute atomic E-state index is 15.0. The normalized spacial score (nSPS) is 17.4. The zero-order valence-electron chi connectivity index (χ0n) is 21.4. The van der Waals surface area contributed by atoms with E-state index in [0.717, 1.165) is 70.2 Å². The lowest BCUT2D eigenvalue weighted by Crippen LogP contribution is -2.33. The van der Waals surface area contributed by atoms with Gasteiger partial charge in [-0.05, 0) is 117 Å². The van der Waals surface area contributed by atoms with Crippen LogP contribution in [0.15, 0.2) is 23.8 Å². The highest BCUT2D eigenvalue weighted by Crippen LogP contribution is 2.37. The van der Waals surface area contributed by atoms with Gasteiger partial charge in [0.2, 0.25) is 5.91 Å². The van der Waals surface area contributed by atoms with Crippen LogP contribution in [0.1, 0.15) is 86.1 Å². The first-order chi connectivity index (χ1) is 16.3. The maximum Gasteiger partial charge on any atom is 0.247 e. The topological polar surface area (TPSA) is 41.1 Å². The quantitative estimate of drug-likeness (QED) is 0.435. The zero-order valence-corrected chi connectivity index (χ0v) is 21.4. The summed E-state index contributed by atoms with van der Waals surface area (Å²) in [6.45, 7) is 10.3. The number of hydrogen-bond acceptors (Lipinski definition) is 2. The van der Waals surface area contributed by atoms with Gasteiger partial charge < -0.3 is 10.6 Å². The Balaban J connectivity index is 1.63. The Morgan fingerprint density at radius 3 is 2.00 bits per heavy atom. The highest BCUT2D eigenvalue weighted by atomic mass is 19.1. The molecule has 0 spiro atoms. The van der Waals surface area contributed by atoms with Crippen molar-refractivity contribution < 1.29 is 9.18 Å². The van der Waals surface area contributed by atoms with Gasteiger partial charge in [0.1, 0.15) is 5.82 Å². The molecule has 0 bridgehead atoms. The van der Waals surface area contributed by atoms with Crippen LogP contribution in [0.2, 0.25) is 0 Å².